The second kappa shape index (κ2) is 14.2. The fourth-order valence-corrected chi connectivity index (χ4v) is 5.20. The molecule has 0 spiro atoms. The normalized spacial score (nSPS) is 12.7. The third-order valence-electron chi connectivity index (χ3n) is 7.15. The van der Waals surface area contributed by atoms with Crippen molar-refractivity contribution in [2.24, 2.45) is 0 Å². The summed E-state index contributed by atoms with van der Waals surface area (Å²) in [6, 6.07) is 26.2. The molecule has 0 aliphatic carbocycles. The summed E-state index contributed by atoms with van der Waals surface area (Å²) in [5.74, 6) is 0. The van der Waals surface area contributed by atoms with Crippen LogP contribution in [0.3, 0.4) is 0 Å². The predicted octanol–water partition coefficient (Wildman–Crippen LogP) is 11.7. The Morgan fingerprint density at radius 2 is 1.66 bits per heavy atom. The van der Waals surface area contributed by atoms with E-state index in [1.165, 1.54) is 49.5 Å². The van der Waals surface area contributed by atoms with E-state index in [9.17, 15) is 0 Å². The Morgan fingerprint density at radius 3 is 2.34 bits per heavy atom. The highest BCUT2D eigenvalue weighted by molar-refractivity contribution is 6.12. The van der Waals surface area contributed by atoms with E-state index in [2.05, 4.69) is 128 Å². The molecule has 0 radical (unpaired) electrons. The number of hydrogen-bond donors (Lipinski definition) is 1. The van der Waals surface area contributed by atoms with Gasteiger partial charge in [-0.1, -0.05) is 118 Å². The van der Waals surface area contributed by atoms with Gasteiger partial charge in [0.15, 0.2) is 0 Å². The van der Waals surface area contributed by atoms with Crippen molar-refractivity contribution in [2.45, 2.75) is 47.0 Å². The molecule has 2 aromatic heterocycles. The highest BCUT2D eigenvalue weighted by atomic mass is 15.0. The number of nitrogens with one attached hydrogen (secondary N) is 1. The summed E-state index contributed by atoms with van der Waals surface area (Å²) < 4.78 is 2.38. The van der Waals surface area contributed by atoms with Crippen LogP contribution in [0.1, 0.15) is 52.5 Å². The Bertz CT molecular complexity index is 1760. The maximum Gasteiger partial charge on any atom is 0.0536 e. The molecule has 0 amide bonds. The summed E-state index contributed by atoms with van der Waals surface area (Å²) in [5.41, 5.74) is 9.80. The first-order chi connectivity index (χ1) is 20.0. The Hall–Kier alpha value is -4.56. The van der Waals surface area contributed by atoms with Gasteiger partial charge in [-0.25, -0.2) is 0 Å². The number of para-hydroxylation sites is 1. The first-order valence-electron chi connectivity index (χ1n) is 14.6. The highest BCUT2D eigenvalue weighted by Gasteiger charge is 2.13. The molecule has 0 bridgehead atoms. The number of benzene rings is 3. The lowest BCUT2D eigenvalue weighted by Gasteiger charge is -2.16. The molecule has 0 aliphatic rings. The van der Waals surface area contributed by atoms with Crippen molar-refractivity contribution in [3.63, 3.8) is 0 Å². The summed E-state index contributed by atoms with van der Waals surface area (Å²) in [4.78, 5) is 3.58. The fourth-order valence-electron chi connectivity index (χ4n) is 5.20. The lowest BCUT2D eigenvalue weighted by Crippen LogP contribution is -1.99. The van der Waals surface area contributed by atoms with Gasteiger partial charge in [-0.3, -0.25) is 0 Å². The molecular weight excluding hydrogens is 496 g/mol. The Labute approximate surface area is 245 Å². The van der Waals surface area contributed by atoms with Crippen LogP contribution in [-0.4, -0.2) is 9.55 Å². The molecule has 0 atom stereocenters. The summed E-state index contributed by atoms with van der Waals surface area (Å²) >= 11 is 0. The maximum absolute atomic E-state index is 3.83. The molecule has 5 rings (SSSR count). The van der Waals surface area contributed by atoms with E-state index in [-0.39, 0.29) is 0 Å². The molecular formula is C39H42N2. The lowest BCUT2D eigenvalue weighted by molar-refractivity contribution is 0.968. The van der Waals surface area contributed by atoms with E-state index >= 15 is 0 Å². The molecule has 2 nitrogen and oxygen atoms in total. The largest absolute Gasteiger partial charge is 0.354 e. The standard InChI is InChI=1S/C29H28N2.C10H14/c1-3-5-16-28(23(11-4-2)21-12-7-6-8-13-21)31-18-17-22-19-27-25(20-29(22)31)24-14-9-10-15-26(24)30-27;1-5-7-10(8-6-2)9(3)4/h5-10,12-20,30H,3-4,11H2,1-2H3;5-8H,1,3H2,2,4H3/b16-5-,28-23-;8-6-,10-7+. The smallest absolute Gasteiger partial charge is 0.0536 e. The molecule has 41 heavy (non-hydrogen) atoms. The van der Waals surface area contributed by atoms with Gasteiger partial charge in [0.05, 0.1) is 5.52 Å². The zero-order chi connectivity index (χ0) is 29.2. The average molecular weight is 539 g/mol. The van der Waals surface area contributed by atoms with Gasteiger partial charge in [0.2, 0.25) is 0 Å². The van der Waals surface area contributed by atoms with Gasteiger partial charge in [-0.05, 0) is 73.7 Å². The molecule has 5 aromatic rings. The maximum atomic E-state index is 3.83. The van der Waals surface area contributed by atoms with E-state index in [1.54, 1.807) is 6.08 Å². The minimum atomic E-state index is 1.02. The van der Waals surface area contributed by atoms with Crippen LogP contribution in [0, 0.1) is 0 Å². The van der Waals surface area contributed by atoms with E-state index < -0.39 is 0 Å². The van der Waals surface area contributed by atoms with Crippen molar-refractivity contribution >= 4 is 44.0 Å². The number of H-pyrrole nitrogens is 1. The van der Waals surface area contributed by atoms with Gasteiger partial charge in [0, 0.05) is 39.1 Å². The average Bonchev–Trinajstić information content (AvgIpc) is 3.57. The first-order valence-corrected chi connectivity index (χ1v) is 14.6. The number of nitrogens with zero attached hydrogens (tertiary/aromatic N) is 1. The SMILES string of the molecule is C=C/C=C(\C=C/C)C(=C)C.CC/C=C\C(=C(/CCC)c1ccccc1)n1ccc2cc3[nH]c4ccccc4c3cc21. The second-order valence-corrected chi connectivity index (χ2v) is 10.2. The number of aromatic nitrogens is 2. The molecule has 0 fully saturated rings. The summed E-state index contributed by atoms with van der Waals surface area (Å²) in [6.07, 6.45) is 17.7. The predicted molar refractivity (Wildman–Crippen MR) is 183 cm³/mol. The number of aromatic amines is 1. The third-order valence-corrected chi connectivity index (χ3v) is 7.15. The van der Waals surface area contributed by atoms with Crippen molar-refractivity contribution in [1.29, 1.82) is 0 Å². The quantitative estimate of drug-likeness (QED) is 0.180. The van der Waals surface area contributed by atoms with Crippen LogP contribution in [0.25, 0.3) is 44.0 Å². The number of allylic oxidation sites excluding steroid dienone is 10. The fraction of sp³-hybridized carbons (Fsp3) is 0.179. The minimum absolute atomic E-state index is 1.02. The van der Waals surface area contributed by atoms with Gasteiger partial charge in [0.25, 0.3) is 0 Å². The van der Waals surface area contributed by atoms with E-state index in [4.69, 9.17) is 0 Å². The van der Waals surface area contributed by atoms with Crippen molar-refractivity contribution < 1.29 is 0 Å². The van der Waals surface area contributed by atoms with Gasteiger partial charge in [-0.15, -0.1) is 0 Å². The van der Waals surface area contributed by atoms with Gasteiger partial charge < -0.3 is 9.55 Å². The van der Waals surface area contributed by atoms with Crippen LogP contribution in [0.4, 0.5) is 0 Å². The van der Waals surface area contributed by atoms with Crippen LogP contribution >= 0.6 is 0 Å². The summed E-state index contributed by atoms with van der Waals surface area (Å²) in [7, 11) is 0. The van der Waals surface area contributed by atoms with E-state index in [0.717, 1.165) is 30.4 Å². The molecule has 0 saturated heterocycles. The van der Waals surface area contributed by atoms with Crippen LogP contribution in [-0.2, 0) is 0 Å². The van der Waals surface area contributed by atoms with Crippen molar-refractivity contribution in [3.8, 4) is 0 Å². The van der Waals surface area contributed by atoms with Crippen molar-refractivity contribution in [3.05, 3.63) is 145 Å². The van der Waals surface area contributed by atoms with Gasteiger partial charge >= 0.3 is 0 Å². The zero-order valence-electron chi connectivity index (χ0n) is 25.0. The molecule has 1 N–H and O–H groups in total. The summed E-state index contributed by atoms with van der Waals surface area (Å²) in [5, 5.41) is 3.81. The topological polar surface area (TPSA) is 20.7 Å². The molecule has 208 valence electrons. The first kappa shape index (κ1) is 29.4. The molecule has 2 heteroatoms. The van der Waals surface area contributed by atoms with E-state index in [0.29, 0.717) is 0 Å². The van der Waals surface area contributed by atoms with Gasteiger partial charge in [0.1, 0.15) is 0 Å². The molecule has 2 heterocycles. The van der Waals surface area contributed by atoms with E-state index in [1.807, 2.05) is 32.1 Å². The number of fused-ring (bicyclic) bond motifs is 4. The Morgan fingerprint density at radius 1 is 0.902 bits per heavy atom. The highest BCUT2D eigenvalue weighted by Crippen LogP contribution is 2.34. The Balaban J connectivity index is 0.000000334. The zero-order valence-corrected chi connectivity index (χ0v) is 25.0. The second-order valence-electron chi connectivity index (χ2n) is 10.2. The molecule has 0 aliphatic heterocycles. The number of rotatable bonds is 9. The van der Waals surface area contributed by atoms with Crippen LogP contribution in [0.5, 0.6) is 0 Å². The Kier molecular flexibility index (Phi) is 10.2. The summed E-state index contributed by atoms with van der Waals surface area (Å²) in [6.45, 7) is 15.9. The molecule has 3 aromatic carbocycles. The van der Waals surface area contributed by atoms with Crippen LogP contribution in [0.2, 0.25) is 0 Å². The molecule has 0 unspecified atom stereocenters. The molecule has 0 saturated carbocycles. The van der Waals surface area contributed by atoms with Crippen LogP contribution < -0.4 is 0 Å². The van der Waals surface area contributed by atoms with Gasteiger partial charge in [-0.2, -0.15) is 0 Å². The lowest BCUT2D eigenvalue weighted by atomic mass is 9.98. The minimum Gasteiger partial charge on any atom is -0.354 e. The number of hydrogen-bond acceptors (Lipinski definition) is 0. The third kappa shape index (κ3) is 6.78. The van der Waals surface area contributed by atoms with Crippen LogP contribution in [0.15, 0.2) is 140 Å². The van der Waals surface area contributed by atoms with Crippen molar-refractivity contribution in [2.75, 3.05) is 0 Å². The monoisotopic (exact) mass is 538 g/mol. The van der Waals surface area contributed by atoms with Crippen molar-refractivity contribution in [1.82, 2.24) is 9.55 Å².